The van der Waals surface area contributed by atoms with Crippen molar-refractivity contribution in [1.82, 2.24) is 13.9 Å². The Hall–Kier alpha value is -1.64. The van der Waals surface area contributed by atoms with Crippen LogP contribution in [0.25, 0.3) is 0 Å². The number of ether oxygens (including phenoxy) is 1. The molecule has 8 heteroatoms. The van der Waals surface area contributed by atoms with Crippen molar-refractivity contribution < 1.29 is 17.9 Å². The molecule has 0 unspecified atom stereocenters. The number of hydrogen-bond acceptors (Lipinski definition) is 4. The first-order valence-electron chi connectivity index (χ1n) is 8.88. The largest absolute Gasteiger partial charge is 0.491 e. The lowest BCUT2D eigenvalue weighted by atomic mass is 9.97. The summed E-state index contributed by atoms with van der Waals surface area (Å²) in [6, 6.07) is 7.64. The summed E-state index contributed by atoms with van der Waals surface area (Å²) in [7, 11) is -0.364. The van der Waals surface area contributed by atoms with Gasteiger partial charge in [0.25, 0.3) is 10.2 Å². The number of amides is 1. The highest BCUT2D eigenvalue weighted by atomic mass is 32.2. The van der Waals surface area contributed by atoms with Crippen molar-refractivity contribution in [3.05, 3.63) is 29.8 Å². The van der Waals surface area contributed by atoms with Gasteiger partial charge in [0.2, 0.25) is 5.91 Å². The Morgan fingerprint density at radius 1 is 1.31 bits per heavy atom. The lowest BCUT2D eigenvalue weighted by molar-refractivity contribution is -0.126. The molecule has 0 radical (unpaired) electrons. The van der Waals surface area contributed by atoms with E-state index in [0.717, 1.165) is 11.3 Å². The number of para-hydroxylation sites is 1. The van der Waals surface area contributed by atoms with Crippen LogP contribution in [0.1, 0.15) is 25.3 Å². The van der Waals surface area contributed by atoms with Gasteiger partial charge in [0.1, 0.15) is 12.4 Å². The minimum atomic E-state index is -3.40. The van der Waals surface area contributed by atoms with Gasteiger partial charge in [0.05, 0.1) is 6.04 Å². The van der Waals surface area contributed by atoms with E-state index in [-0.39, 0.29) is 17.9 Å². The minimum Gasteiger partial charge on any atom is -0.491 e. The molecule has 146 valence electrons. The second kappa shape index (κ2) is 8.83. The predicted octanol–water partition coefficient (Wildman–Crippen LogP) is 1.40. The second-order valence-electron chi connectivity index (χ2n) is 6.95. The molecular formula is C18H29N3O4S. The molecule has 1 atom stereocenters. The molecule has 1 aliphatic rings. The van der Waals surface area contributed by atoms with E-state index in [1.807, 2.05) is 38.1 Å². The van der Waals surface area contributed by atoms with Gasteiger partial charge in [-0.1, -0.05) is 18.2 Å². The Morgan fingerprint density at radius 2 is 1.92 bits per heavy atom. The smallest absolute Gasteiger partial charge is 0.281 e. The van der Waals surface area contributed by atoms with Gasteiger partial charge in [-0.3, -0.25) is 4.79 Å². The average Bonchev–Trinajstić information content (AvgIpc) is 2.61. The molecule has 0 bridgehead atoms. The van der Waals surface area contributed by atoms with Crippen molar-refractivity contribution in [2.45, 2.75) is 32.7 Å². The van der Waals surface area contributed by atoms with Crippen molar-refractivity contribution in [2.24, 2.45) is 5.92 Å². The first-order chi connectivity index (χ1) is 12.2. The molecule has 1 aliphatic heterocycles. The normalized spacial score (nSPS) is 17.9. The molecule has 1 aromatic carbocycles. The van der Waals surface area contributed by atoms with Gasteiger partial charge in [-0.15, -0.1) is 0 Å². The van der Waals surface area contributed by atoms with E-state index in [1.165, 1.54) is 22.7 Å². The molecule has 7 nitrogen and oxygen atoms in total. The Bertz CT molecular complexity index is 713. The summed E-state index contributed by atoms with van der Waals surface area (Å²) >= 11 is 0. The van der Waals surface area contributed by atoms with E-state index < -0.39 is 10.2 Å². The topological polar surface area (TPSA) is 79.0 Å². The molecule has 1 N–H and O–H groups in total. The maximum absolute atomic E-state index is 12.4. The third-order valence-electron chi connectivity index (χ3n) is 4.58. The number of aryl methyl sites for hydroxylation is 1. The number of carbonyl (C=O) groups excluding carboxylic acids is 1. The summed E-state index contributed by atoms with van der Waals surface area (Å²) < 4.78 is 32.6. The van der Waals surface area contributed by atoms with Gasteiger partial charge in [-0.05, 0) is 38.3 Å². The fourth-order valence-electron chi connectivity index (χ4n) is 2.92. The molecule has 26 heavy (non-hydrogen) atoms. The Kier molecular flexibility index (Phi) is 7.02. The Labute approximate surface area is 156 Å². The third-order valence-corrected chi connectivity index (χ3v) is 6.52. The summed E-state index contributed by atoms with van der Waals surface area (Å²) in [5.41, 5.74) is 1.06. The van der Waals surface area contributed by atoms with Crippen LogP contribution in [-0.4, -0.2) is 62.8 Å². The van der Waals surface area contributed by atoms with Crippen LogP contribution in [0.3, 0.4) is 0 Å². The first kappa shape index (κ1) is 20.7. The van der Waals surface area contributed by atoms with Crippen LogP contribution >= 0.6 is 0 Å². The van der Waals surface area contributed by atoms with Gasteiger partial charge in [-0.25, -0.2) is 0 Å². The molecule has 1 amide bonds. The van der Waals surface area contributed by atoms with E-state index in [1.54, 1.807) is 0 Å². The van der Waals surface area contributed by atoms with Gasteiger partial charge >= 0.3 is 0 Å². The highest BCUT2D eigenvalue weighted by Crippen LogP contribution is 2.21. The summed E-state index contributed by atoms with van der Waals surface area (Å²) in [5, 5.41) is 2.97. The van der Waals surface area contributed by atoms with Crippen LogP contribution in [-0.2, 0) is 15.0 Å². The molecule has 1 heterocycles. The van der Waals surface area contributed by atoms with Gasteiger partial charge < -0.3 is 10.1 Å². The number of carbonyl (C=O) groups is 1. The summed E-state index contributed by atoms with van der Waals surface area (Å²) in [6.45, 7) is 5.01. The molecule has 0 saturated carbocycles. The van der Waals surface area contributed by atoms with Gasteiger partial charge in [0, 0.05) is 33.1 Å². The summed E-state index contributed by atoms with van der Waals surface area (Å²) in [6.07, 6.45) is 1.06. The highest BCUT2D eigenvalue weighted by Gasteiger charge is 2.32. The number of nitrogens with zero attached hydrogens (tertiary/aromatic N) is 2. The molecule has 1 aromatic rings. The molecule has 1 fully saturated rings. The second-order valence-corrected chi connectivity index (χ2v) is 9.09. The lowest BCUT2D eigenvalue weighted by Gasteiger charge is -2.32. The monoisotopic (exact) mass is 383 g/mol. The standard InChI is InChI=1S/C18H29N3O4S/c1-14-7-5-6-8-17(14)25-13-15(2)19-18(22)16-9-11-21(12-10-16)26(23,24)20(3)4/h5-8,15-16H,9-13H2,1-4H3,(H,19,22)/t15-/m1/s1. The van der Waals surface area contributed by atoms with E-state index in [9.17, 15) is 13.2 Å². The average molecular weight is 384 g/mol. The molecule has 0 aromatic heterocycles. The van der Waals surface area contributed by atoms with Crippen LogP contribution < -0.4 is 10.1 Å². The first-order valence-corrected chi connectivity index (χ1v) is 10.3. The summed E-state index contributed by atoms with van der Waals surface area (Å²) in [4.78, 5) is 12.4. The van der Waals surface area contributed by atoms with Gasteiger partial charge in [-0.2, -0.15) is 17.0 Å². The maximum atomic E-state index is 12.4. The molecule has 0 spiro atoms. The van der Waals surface area contributed by atoms with Crippen LogP contribution in [0, 0.1) is 12.8 Å². The van der Waals surface area contributed by atoms with Crippen molar-refractivity contribution in [3.63, 3.8) is 0 Å². The van der Waals surface area contributed by atoms with Crippen molar-refractivity contribution >= 4 is 16.1 Å². The van der Waals surface area contributed by atoms with Crippen molar-refractivity contribution in [2.75, 3.05) is 33.8 Å². The van der Waals surface area contributed by atoms with Crippen molar-refractivity contribution in [3.8, 4) is 5.75 Å². The molecule has 2 rings (SSSR count). The minimum absolute atomic E-state index is 0.0345. The van der Waals surface area contributed by atoms with E-state index in [2.05, 4.69) is 5.32 Å². The SMILES string of the molecule is Cc1ccccc1OC[C@@H](C)NC(=O)C1CCN(S(=O)(=O)N(C)C)CC1. The van der Waals surface area contributed by atoms with Crippen LogP contribution in [0.4, 0.5) is 0 Å². The predicted molar refractivity (Wildman–Crippen MR) is 101 cm³/mol. The fraction of sp³-hybridized carbons (Fsp3) is 0.611. The van der Waals surface area contributed by atoms with E-state index in [4.69, 9.17) is 4.74 Å². The zero-order chi connectivity index (χ0) is 19.3. The Morgan fingerprint density at radius 3 is 2.50 bits per heavy atom. The number of benzene rings is 1. The van der Waals surface area contributed by atoms with Gasteiger partial charge in [0.15, 0.2) is 0 Å². The zero-order valence-corrected chi connectivity index (χ0v) is 16.8. The Balaban J connectivity index is 1.79. The van der Waals surface area contributed by atoms with E-state index in [0.29, 0.717) is 32.5 Å². The highest BCUT2D eigenvalue weighted by molar-refractivity contribution is 7.86. The molecule has 1 saturated heterocycles. The maximum Gasteiger partial charge on any atom is 0.281 e. The summed E-state index contributed by atoms with van der Waals surface area (Å²) in [5.74, 6) is 0.619. The lowest BCUT2D eigenvalue weighted by Crippen LogP contribution is -2.48. The number of rotatable bonds is 7. The quantitative estimate of drug-likeness (QED) is 0.772. The molecular weight excluding hydrogens is 354 g/mol. The van der Waals surface area contributed by atoms with E-state index >= 15 is 0 Å². The van der Waals surface area contributed by atoms with Crippen molar-refractivity contribution in [1.29, 1.82) is 0 Å². The van der Waals surface area contributed by atoms with Crippen LogP contribution in [0.5, 0.6) is 5.75 Å². The number of nitrogens with one attached hydrogen (secondary N) is 1. The zero-order valence-electron chi connectivity index (χ0n) is 15.9. The molecule has 0 aliphatic carbocycles. The fourth-order valence-corrected chi connectivity index (χ4v) is 4.05. The third kappa shape index (κ3) is 5.18. The van der Waals surface area contributed by atoms with Crippen LogP contribution in [0.15, 0.2) is 24.3 Å². The number of piperidine rings is 1. The number of hydrogen-bond donors (Lipinski definition) is 1. The van der Waals surface area contributed by atoms with Crippen LogP contribution in [0.2, 0.25) is 0 Å².